The molecule has 1 aliphatic heterocycles. The van der Waals surface area contributed by atoms with Gasteiger partial charge in [0.25, 0.3) is 0 Å². The standard InChI is InChI=1S/C7H7Br2ClOS/c8-7(9)1-6(12-4-7)5(2-10)3-11/h1,3,5H,2,4H2. The molecule has 0 aliphatic carbocycles. The Labute approximate surface area is 97.6 Å². The van der Waals surface area contributed by atoms with Crippen LogP contribution in [0.15, 0.2) is 11.0 Å². The lowest BCUT2D eigenvalue weighted by Crippen LogP contribution is -2.05. The molecule has 1 unspecified atom stereocenters. The third-order valence-corrected chi connectivity index (χ3v) is 4.93. The molecule has 0 saturated carbocycles. The molecular formula is C7H7Br2ClOS. The van der Waals surface area contributed by atoms with Gasteiger partial charge in [0.05, 0.1) is 5.92 Å². The highest BCUT2D eigenvalue weighted by molar-refractivity contribution is 9.25. The minimum Gasteiger partial charge on any atom is -0.303 e. The molecule has 1 heterocycles. The summed E-state index contributed by atoms with van der Waals surface area (Å²) in [7, 11) is 0. The zero-order valence-electron chi connectivity index (χ0n) is 6.10. The molecule has 5 heteroatoms. The summed E-state index contributed by atoms with van der Waals surface area (Å²) in [6.07, 6.45) is 2.90. The van der Waals surface area contributed by atoms with Gasteiger partial charge in [-0.25, -0.2) is 0 Å². The zero-order valence-corrected chi connectivity index (χ0v) is 10.8. The van der Waals surface area contributed by atoms with E-state index in [1.54, 1.807) is 11.8 Å². The third-order valence-electron chi connectivity index (χ3n) is 1.48. The summed E-state index contributed by atoms with van der Waals surface area (Å²) in [5.41, 5.74) is 0. The Balaban J connectivity index is 2.70. The van der Waals surface area contributed by atoms with Gasteiger partial charge in [-0.05, 0) is 11.0 Å². The second-order valence-electron chi connectivity index (χ2n) is 2.49. The van der Waals surface area contributed by atoms with Gasteiger partial charge in [0.15, 0.2) is 0 Å². The van der Waals surface area contributed by atoms with E-state index in [0.29, 0.717) is 5.88 Å². The minimum atomic E-state index is -0.146. The Bertz CT molecular complexity index is 217. The van der Waals surface area contributed by atoms with Crippen molar-refractivity contribution in [2.45, 2.75) is 3.23 Å². The largest absolute Gasteiger partial charge is 0.303 e. The monoisotopic (exact) mass is 332 g/mol. The smallest absolute Gasteiger partial charge is 0.129 e. The predicted molar refractivity (Wildman–Crippen MR) is 61.4 cm³/mol. The van der Waals surface area contributed by atoms with Gasteiger partial charge in [-0.1, -0.05) is 31.9 Å². The van der Waals surface area contributed by atoms with Crippen molar-refractivity contribution in [1.29, 1.82) is 0 Å². The fourth-order valence-electron chi connectivity index (χ4n) is 0.865. The number of allylic oxidation sites excluding steroid dienone is 2. The summed E-state index contributed by atoms with van der Waals surface area (Å²) in [4.78, 5) is 11.6. The molecule has 1 aliphatic rings. The maximum Gasteiger partial charge on any atom is 0.129 e. The summed E-state index contributed by atoms with van der Waals surface area (Å²) in [5, 5.41) is 0. The van der Waals surface area contributed by atoms with Crippen molar-refractivity contribution in [2.24, 2.45) is 5.92 Å². The molecule has 68 valence electrons. The Morgan fingerprint density at radius 1 is 1.83 bits per heavy atom. The average molecular weight is 334 g/mol. The number of thioether (sulfide) groups is 1. The second kappa shape index (κ2) is 4.49. The number of halogens is 3. The van der Waals surface area contributed by atoms with Gasteiger partial charge < -0.3 is 4.79 Å². The van der Waals surface area contributed by atoms with Crippen molar-refractivity contribution < 1.29 is 4.79 Å². The average Bonchev–Trinajstić information content (AvgIpc) is 2.34. The molecule has 0 amide bonds. The molecule has 12 heavy (non-hydrogen) atoms. The van der Waals surface area contributed by atoms with Gasteiger partial charge in [-0.15, -0.1) is 23.4 Å². The molecule has 1 rings (SSSR count). The maximum atomic E-state index is 10.6. The Hall–Kier alpha value is 1.01. The van der Waals surface area contributed by atoms with E-state index >= 15 is 0 Å². The fraction of sp³-hybridized carbons (Fsp3) is 0.571. The number of aldehydes is 1. The molecule has 0 aromatic carbocycles. The summed E-state index contributed by atoms with van der Waals surface area (Å²) in [6.45, 7) is 0. The molecule has 0 aromatic heterocycles. The summed E-state index contributed by atoms with van der Waals surface area (Å²) in [5.74, 6) is 1.11. The van der Waals surface area contributed by atoms with E-state index in [0.717, 1.165) is 16.9 Å². The highest BCUT2D eigenvalue weighted by Crippen LogP contribution is 2.44. The number of carbonyl (C=O) groups excluding carboxylic acids is 1. The first-order chi connectivity index (χ1) is 5.59. The van der Waals surface area contributed by atoms with Crippen LogP contribution in [0.2, 0.25) is 0 Å². The van der Waals surface area contributed by atoms with Gasteiger partial charge in [0, 0.05) is 11.6 Å². The first kappa shape index (κ1) is 11.1. The molecule has 0 aromatic rings. The maximum absolute atomic E-state index is 10.6. The van der Waals surface area contributed by atoms with Gasteiger partial charge in [-0.3, -0.25) is 0 Å². The fourth-order valence-corrected chi connectivity index (χ4v) is 3.76. The molecule has 0 N–H and O–H groups in total. The van der Waals surface area contributed by atoms with Crippen molar-refractivity contribution in [2.75, 3.05) is 11.6 Å². The van der Waals surface area contributed by atoms with Crippen LogP contribution in [-0.2, 0) is 4.79 Å². The van der Waals surface area contributed by atoms with Crippen LogP contribution < -0.4 is 0 Å². The number of alkyl halides is 3. The molecular weight excluding hydrogens is 327 g/mol. The van der Waals surface area contributed by atoms with Crippen LogP contribution in [0, 0.1) is 5.92 Å². The van der Waals surface area contributed by atoms with Crippen molar-refractivity contribution in [3.63, 3.8) is 0 Å². The summed E-state index contributed by atoms with van der Waals surface area (Å²) < 4.78 is -0.146. The van der Waals surface area contributed by atoms with E-state index < -0.39 is 0 Å². The van der Waals surface area contributed by atoms with Crippen LogP contribution in [0.1, 0.15) is 0 Å². The topological polar surface area (TPSA) is 17.1 Å². The zero-order chi connectivity index (χ0) is 9.19. The lowest BCUT2D eigenvalue weighted by Gasteiger charge is -2.05. The van der Waals surface area contributed by atoms with Gasteiger partial charge >= 0.3 is 0 Å². The van der Waals surface area contributed by atoms with E-state index in [1.807, 2.05) is 6.08 Å². The first-order valence-corrected chi connectivity index (χ1v) is 6.44. The Kier molecular flexibility index (Phi) is 4.15. The van der Waals surface area contributed by atoms with E-state index in [-0.39, 0.29) is 9.15 Å². The second-order valence-corrected chi connectivity index (χ2v) is 7.74. The van der Waals surface area contributed by atoms with E-state index in [9.17, 15) is 4.79 Å². The van der Waals surface area contributed by atoms with Crippen LogP contribution >= 0.6 is 55.2 Å². The van der Waals surface area contributed by atoms with Crippen LogP contribution in [0.3, 0.4) is 0 Å². The van der Waals surface area contributed by atoms with Gasteiger partial charge in [0.1, 0.15) is 9.52 Å². The predicted octanol–water partition coefficient (Wildman–Crippen LogP) is 3.16. The first-order valence-electron chi connectivity index (χ1n) is 3.33. The van der Waals surface area contributed by atoms with Crippen molar-refractivity contribution >= 4 is 61.5 Å². The van der Waals surface area contributed by atoms with E-state index in [4.69, 9.17) is 11.6 Å². The van der Waals surface area contributed by atoms with Crippen molar-refractivity contribution in [3.05, 3.63) is 11.0 Å². The van der Waals surface area contributed by atoms with Gasteiger partial charge in [-0.2, -0.15) is 0 Å². The minimum absolute atomic E-state index is 0.145. The number of rotatable bonds is 3. The molecule has 1 nitrogen and oxygen atoms in total. The summed E-state index contributed by atoms with van der Waals surface area (Å²) in [6, 6.07) is 0. The molecule has 0 radical (unpaired) electrons. The third kappa shape index (κ3) is 2.76. The molecule has 0 saturated heterocycles. The van der Waals surface area contributed by atoms with Crippen molar-refractivity contribution in [1.82, 2.24) is 0 Å². The van der Waals surface area contributed by atoms with Crippen molar-refractivity contribution in [3.8, 4) is 0 Å². The van der Waals surface area contributed by atoms with Crippen LogP contribution in [0.25, 0.3) is 0 Å². The normalized spacial score (nSPS) is 23.4. The lowest BCUT2D eigenvalue weighted by molar-refractivity contribution is -0.109. The quantitative estimate of drug-likeness (QED) is 0.582. The van der Waals surface area contributed by atoms with Crippen LogP contribution in [-0.4, -0.2) is 21.2 Å². The lowest BCUT2D eigenvalue weighted by atomic mass is 10.2. The highest BCUT2D eigenvalue weighted by atomic mass is 79.9. The van der Waals surface area contributed by atoms with E-state index in [1.165, 1.54) is 0 Å². The summed E-state index contributed by atoms with van der Waals surface area (Å²) >= 11 is 14.2. The van der Waals surface area contributed by atoms with Crippen LogP contribution in [0.5, 0.6) is 0 Å². The molecule has 1 atom stereocenters. The van der Waals surface area contributed by atoms with Crippen LogP contribution in [0.4, 0.5) is 0 Å². The number of hydrogen-bond donors (Lipinski definition) is 0. The SMILES string of the molecule is O=CC(CCl)C1=CC(Br)(Br)CS1. The Morgan fingerprint density at radius 3 is 2.83 bits per heavy atom. The molecule has 0 fully saturated rings. The Morgan fingerprint density at radius 2 is 2.50 bits per heavy atom. The molecule has 0 spiro atoms. The highest BCUT2D eigenvalue weighted by Gasteiger charge is 2.30. The van der Waals surface area contributed by atoms with E-state index in [2.05, 4.69) is 31.9 Å². The van der Waals surface area contributed by atoms with Gasteiger partial charge in [0.2, 0.25) is 0 Å². The number of carbonyl (C=O) groups is 1. The number of hydrogen-bond acceptors (Lipinski definition) is 2. The molecule has 0 bridgehead atoms.